The third-order valence-corrected chi connectivity index (χ3v) is 11.1. The number of furan rings is 1. The molecule has 11 rings (SSSR count). The Bertz CT molecular complexity index is 3470. The Morgan fingerprint density at radius 1 is 0.362 bits per heavy atom. The Labute approximate surface area is 343 Å². The third-order valence-electron chi connectivity index (χ3n) is 11.1. The normalized spacial score (nSPS) is 12.4. The summed E-state index contributed by atoms with van der Waals surface area (Å²) >= 11 is 0. The molecular weight excluding hydrogens is 703 g/mol. The lowest BCUT2D eigenvalue weighted by Crippen LogP contribution is -2.10. The summed E-state index contributed by atoms with van der Waals surface area (Å²) in [5.41, 5.74) is 10.1. The zero-order chi connectivity index (χ0) is 41.9. The second kappa shape index (κ2) is 14.1. The maximum absolute atomic E-state index is 9.67. The van der Waals surface area contributed by atoms with Gasteiger partial charge in [0, 0.05) is 22.1 Å². The van der Waals surface area contributed by atoms with Gasteiger partial charge >= 0.3 is 0 Å². The fraction of sp³-hybridized carbons (Fsp3) is 0. The summed E-state index contributed by atoms with van der Waals surface area (Å²) in [5, 5.41) is 6.18. The second-order valence-electron chi connectivity index (χ2n) is 14.6. The largest absolute Gasteiger partial charge is 0.455 e. The van der Waals surface area contributed by atoms with E-state index < -0.39 is 0 Å². The lowest BCUT2D eigenvalue weighted by Gasteiger charge is -2.26. The molecule has 58 heavy (non-hydrogen) atoms. The summed E-state index contributed by atoms with van der Waals surface area (Å²) in [4.78, 5) is 1.87. The van der Waals surface area contributed by atoms with Crippen molar-refractivity contribution < 1.29 is 9.90 Å². The highest BCUT2D eigenvalue weighted by Crippen LogP contribution is 2.45. The number of nitrogens with zero attached hydrogens (tertiary/aromatic N) is 1. The number of benzene rings is 10. The van der Waals surface area contributed by atoms with Gasteiger partial charge in [-0.25, -0.2) is 0 Å². The van der Waals surface area contributed by atoms with Crippen LogP contribution in [0.4, 0.5) is 17.1 Å². The van der Waals surface area contributed by atoms with Crippen LogP contribution in [0.15, 0.2) is 229 Å². The molecule has 0 unspecified atom stereocenters. The Balaban J connectivity index is 1.07. The summed E-state index contributed by atoms with van der Waals surface area (Å²) in [6, 6.07) is 66.7. The van der Waals surface area contributed by atoms with E-state index in [1.807, 2.05) is 102 Å². The number of fused-ring (bicyclic) bond motifs is 6. The van der Waals surface area contributed by atoms with Gasteiger partial charge in [0.25, 0.3) is 0 Å². The molecular formula is C56H37NO. The molecule has 2 heteroatoms. The molecule has 0 atom stereocenters. The van der Waals surface area contributed by atoms with Gasteiger partial charge in [0.05, 0.1) is 16.6 Å². The molecule has 1 heterocycles. The molecule has 272 valence electrons. The van der Waals surface area contributed by atoms with Crippen LogP contribution in [-0.4, -0.2) is 0 Å². The molecule has 0 fully saturated rings. The highest BCUT2D eigenvalue weighted by atomic mass is 16.3. The summed E-state index contributed by atoms with van der Waals surface area (Å²) in [6.07, 6.45) is 0. The van der Waals surface area contributed by atoms with Gasteiger partial charge in [0.2, 0.25) is 0 Å². The maximum atomic E-state index is 9.67. The summed E-state index contributed by atoms with van der Waals surface area (Å²) in [6.45, 7) is 0. The lowest BCUT2D eigenvalue weighted by molar-refractivity contribution is 0.672. The van der Waals surface area contributed by atoms with Crippen LogP contribution in [0, 0.1) is 0 Å². The molecule has 0 saturated carbocycles. The molecule has 0 N–H and O–H groups in total. The first-order chi connectivity index (χ1) is 30.4. The molecule has 0 aliphatic carbocycles. The molecule has 11 aromatic rings. The standard InChI is InChI=1S/C56H37NO/c1-2-11-38(12-3-1)45-16-8-17-46(37-45)41-29-34-48(35-30-41)57(53-21-10-22-54-55(53)52-36-31-43-14-5-7-19-51(43)56(52)58-54)47-32-27-40(28-33-47)39-23-25-44(26-24-39)50-20-9-15-42-13-4-6-18-49(42)50/h1-37H/i29D,30D,34D,35D. The molecule has 0 bridgehead atoms. The van der Waals surface area contributed by atoms with Gasteiger partial charge in [0.1, 0.15) is 11.2 Å². The van der Waals surface area contributed by atoms with Crippen molar-refractivity contribution in [1.82, 2.24) is 0 Å². The molecule has 0 radical (unpaired) electrons. The van der Waals surface area contributed by atoms with Crippen LogP contribution in [0.1, 0.15) is 5.48 Å². The van der Waals surface area contributed by atoms with Crippen LogP contribution in [-0.2, 0) is 0 Å². The number of hydrogen-bond acceptors (Lipinski definition) is 2. The Morgan fingerprint density at radius 3 is 1.71 bits per heavy atom. The minimum absolute atomic E-state index is 0.116. The predicted octanol–water partition coefficient (Wildman–Crippen LogP) is 16.0. The van der Waals surface area contributed by atoms with Gasteiger partial charge in [-0.3, -0.25) is 0 Å². The summed E-state index contributed by atoms with van der Waals surface area (Å²) in [7, 11) is 0. The molecule has 0 aliphatic rings. The zero-order valence-corrected chi connectivity index (χ0v) is 31.4. The molecule has 0 saturated heterocycles. The van der Waals surface area contributed by atoms with Crippen molar-refractivity contribution in [3.8, 4) is 44.5 Å². The number of hydrogen-bond donors (Lipinski definition) is 0. The van der Waals surface area contributed by atoms with Crippen LogP contribution in [0.3, 0.4) is 0 Å². The van der Waals surface area contributed by atoms with Gasteiger partial charge in [-0.2, -0.15) is 0 Å². The zero-order valence-electron chi connectivity index (χ0n) is 35.4. The van der Waals surface area contributed by atoms with Crippen LogP contribution in [0.5, 0.6) is 0 Å². The number of anilines is 3. The molecule has 0 spiro atoms. The molecule has 2 nitrogen and oxygen atoms in total. The molecule has 0 aliphatic heterocycles. The van der Waals surface area contributed by atoms with Gasteiger partial charge in [-0.05, 0) is 109 Å². The summed E-state index contributed by atoms with van der Waals surface area (Å²) in [5.74, 6) is 0. The van der Waals surface area contributed by atoms with Gasteiger partial charge in [-0.15, -0.1) is 0 Å². The molecule has 1 aromatic heterocycles. The van der Waals surface area contributed by atoms with Crippen molar-refractivity contribution in [2.24, 2.45) is 0 Å². The average molecular weight is 744 g/mol. The fourth-order valence-electron chi connectivity index (χ4n) is 8.28. The first-order valence-electron chi connectivity index (χ1n) is 21.5. The summed E-state index contributed by atoms with van der Waals surface area (Å²) < 4.78 is 44.9. The second-order valence-corrected chi connectivity index (χ2v) is 14.6. The highest BCUT2D eigenvalue weighted by molar-refractivity contribution is 6.19. The SMILES string of the molecule is [2H]c1c([2H])c(N(c2ccc(-c3ccc(-c4cccc5ccccc45)cc3)cc2)c2cccc3oc4c5ccccc5ccc4c23)c([2H])c([2H])c1-c1cccc(-c2ccccc2)c1. The van der Waals surface area contributed by atoms with Crippen molar-refractivity contribution in [2.45, 2.75) is 0 Å². The predicted molar refractivity (Wildman–Crippen MR) is 245 cm³/mol. The topological polar surface area (TPSA) is 16.4 Å². The first kappa shape index (κ1) is 29.6. The Kier molecular flexibility index (Phi) is 7.20. The maximum Gasteiger partial charge on any atom is 0.143 e. The van der Waals surface area contributed by atoms with Crippen LogP contribution in [0.25, 0.3) is 88.0 Å². The molecule has 10 aromatic carbocycles. The smallest absolute Gasteiger partial charge is 0.143 e. The van der Waals surface area contributed by atoms with E-state index in [1.54, 1.807) is 0 Å². The van der Waals surface area contributed by atoms with E-state index in [2.05, 4.69) is 103 Å². The van der Waals surface area contributed by atoms with Crippen LogP contribution in [0.2, 0.25) is 0 Å². The highest BCUT2D eigenvalue weighted by Gasteiger charge is 2.21. The number of rotatable bonds is 7. The van der Waals surface area contributed by atoms with E-state index in [-0.39, 0.29) is 35.4 Å². The average Bonchev–Trinajstić information content (AvgIpc) is 3.73. The minimum atomic E-state index is -0.144. The van der Waals surface area contributed by atoms with Crippen molar-refractivity contribution in [2.75, 3.05) is 4.90 Å². The van der Waals surface area contributed by atoms with Crippen LogP contribution < -0.4 is 4.90 Å². The van der Waals surface area contributed by atoms with Crippen LogP contribution >= 0.6 is 0 Å². The van der Waals surface area contributed by atoms with E-state index in [1.165, 1.54) is 16.3 Å². The van der Waals surface area contributed by atoms with Crippen molar-refractivity contribution in [1.29, 1.82) is 0 Å². The van der Waals surface area contributed by atoms with Gasteiger partial charge in [-0.1, -0.05) is 176 Å². The lowest BCUT2D eigenvalue weighted by atomic mass is 9.96. The molecule has 0 amide bonds. The van der Waals surface area contributed by atoms with E-state index >= 15 is 0 Å². The van der Waals surface area contributed by atoms with Crippen molar-refractivity contribution in [3.05, 3.63) is 224 Å². The Hall–Kier alpha value is -7.68. The fourth-order valence-corrected chi connectivity index (χ4v) is 8.28. The monoisotopic (exact) mass is 743 g/mol. The van der Waals surface area contributed by atoms with E-state index in [4.69, 9.17) is 4.42 Å². The van der Waals surface area contributed by atoms with Gasteiger partial charge < -0.3 is 9.32 Å². The van der Waals surface area contributed by atoms with Crippen molar-refractivity contribution >= 4 is 60.5 Å². The van der Waals surface area contributed by atoms with E-state index in [0.717, 1.165) is 54.9 Å². The third kappa shape index (κ3) is 5.91. The minimum Gasteiger partial charge on any atom is -0.455 e. The first-order valence-corrected chi connectivity index (χ1v) is 19.5. The van der Waals surface area contributed by atoms with Crippen molar-refractivity contribution in [3.63, 3.8) is 0 Å². The van der Waals surface area contributed by atoms with E-state index in [0.29, 0.717) is 22.5 Å². The quantitative estimate of drug-likeness (QED) is 0.162. The Morgan fingerprint density at radius 2 is 0.931 bits per heavy atom. The van der Waals surface area contributed by atoms with E-state index in [9.17, 15) is 5.48 Å². The van der Waals surface area contributed by atoms with Gasteiger partial charge in [0.15, 0.2) is 0 Å².